The third-order valence-corrected chi connectivity index (χ3v) is 3.62. The predicted octanol–water partition coefficient (Wildman–Crippen LogP) is 1.59. The van der Waals surface area contributed by atoms with Crippen molar-refractivity contribution in [2.45, 2.75) is 5.75 Å². The van der Waals surface area contributed by atoms with E-state index in [2.05, 4.69) is 17.4 Å². The molecule has 84 valence electrons. The highest BCUT2D eigenvalue weighted by Gasteiger charge is 2.22. The fourth-order valence-corrected chi connectivity index (χ4v) is 2.72. The maximum Gasteiger partial charge on any atom is 0.245 e. The van der Waals surface area contributed by atoms with Gasteiger partial charge in [-0.25, -0.2) is 0 Å². The number of amides is 1. The molecule has 1 saturated heterocycles. The predicted molar refractivity (Wildman–Crippen MR) is 70.1 cm³/mol. The van der Waals surface area contributed by atoms with Crippen molar-refractivity contribution in [1.82, 2.24) is 10.2 Å². The Kier molecular flexibility index (Phi) is 3.79. The van der Waals surface area contributed by atoms with E-state index in [-0.39, 0.29) is 5.91 Å². The van der Waals surface area contributed by atoms with E-state index in [0.717, 1.165) is 11.6 Å². The third-order valence-electron chi connectivity index (χ3n) is 2.23. The fourth-order valence-electron chi connectivity index (χ4n) is 1.44. The number of hydrogen-bond acceptors (Lipinski definition) is 3. The zero-order chi connectivity index (χ0) is 11.4. The van der Waals surface area contributed by atoms with Gasteiger partial charge in [0.15, 0.2) is 5.11 Å². The quantitative estimate of drug-likeness (QED) is 0.825. The van der Waals surface area contributed by atoms with E-state index in [4.69, 9.17) is 12.2 Å². The number of benzene rings is 1. The maximum absolute atomic E-state index is 11.0. The first-order valence-electron chi connectivity index (χ1n) is 4.96. The summed E-state index contributed by atoms with van der Waals surface area (Å²) in [5.74, 6) is 1.69. The topological polar surface area (TPSA) is 32.3 Å². The molecule has 2 rings (SSSR count). The molecule has 1 heterocycles. The lowest BCUT2D eigenvalue weighted by atomic mass is 10.2. The van der Waals surface area contributed by atoms with E-state index in [0.29, 0.717) is 11.7 Å². The van der Waals surface area contributed by atoms with Crippen LogP contribution in [0.1, 0.15) is 5.56 Å². The Hall–Kier alpha value is -1.07. The monoisotopic (exact) mass is 252 g/mol. The van der Waals surface area contributed by atoms with Crippen molar-refractivity contribution in [3.05, 3.63) is 35.9 Å². The Morgan fingerprint density at radius 1 is 1.38 bits per heavy atom. The van der Waals surface area contributed by atoms with Crippen LogP contribution in [-0.4, -0.2) is 28.3 Å². The molecule has 0 radical (unpaired) electrons. The van der Waals surface area contributed by atoms with Crippen LogP contribution in [-0.2, 0) is 10.5 Å². The summed E-state index contributed by atoms with van der Waals surface area (Å²) < 4.78 is 0. The van der Waals surface area contributed by atoms with Crippen LogP contribution in [0.5, 0.6) is 0 Å². The van der Waals surface area contributed by atoms with Crippen molar-refractivity contribution in [1.29, 1.82) is 0 Å². The number of nitrogens with zero attached hydrogens (tertiary/aromatic N) is 1. The number of thiocarbonyl (C=S) groups is 1. The first-order chi connectivity index (χ1) is 7.75. The summed E-state index contributed by atoms with van der Waals surface area (Å²) in [4.78, 5) is 12.9. The summed E-state index contributed by atoms with van der Waals surface area (Å²) in [7, 11) is 0. The van der Waals surface area contributed by atoms with Crippen LogP contribution in [0.2, 0.25) is 0 Å². The lowest BCUT2D eigenvalue weighted by molar-refractivity contribution is -0.118. The van der Waals surface area contributed by atoms with Gasteiger partial charge in [0.1, 0.15) is 6.54 Å². The van der Waals surface area contributed by atoms with E-state index in [9.17, 15) is 4.79 Å². The lowest BCUT2D eigenvalue weighted by Gasteiger charge is -2.14. The number of thioether (sulfide) groups is 1. The molecule has 0 saturated carbocycles. The van der Waals surface area contributed by atoms with E-state index in [1.165, 1.54) is 5.56 Å². The molecule has 1 aromatic carbocycles. The minimum absolute atomic E-state index is 0.00897. The van der Waals surface area contributed by atoms with Crippen molar-refractivity contribution >= 4 is 35.0 Å². The Bertz CT molecular complexity index is 394. The van der Waals surface area contributed by atoms with E-state index < -0.39 is 0 Å². The van der Waals surface area contributed by atoms with Crippen LogP contribution in [0.25, 0.3) is 0 Å². The first-order valence-corrected chi connectivity index (χ1v) is 6.52. The molecule has 1 aliphatic heterocycles. The van der Waals surface area contributed by atoms with Gasteiger partial charge in [-0.15, -0.1) is 11.8 Å². The Morgan fingerprint density at radius 3 is 2.75 bits per heavy atom. The average molecular weight is 252 g/mol. The molecule has 0 aliphatic carbocycles. The summed E-state index contributed by atoms with van der Waals surface area (Å²) >= 11 is 6.78. The molecular weight excluding hydrogens is 240 g/mol. The van der Waals surface area contributed by atoms with E-state index in [1.807, 2.05) is 23.1 Å². The number of rotatable bonds is 4. The molecule has 0 bridgehead atoms. The van der Waals surface area contributed by atoms with Crippen LogP contribution in [0.15, 0.2) is 30.3 Å². The minimum Gasteiger partial charge on any atom is -0.330 e. The van der Waals surface area contributed by atoms with Gasteiger partial charge in [-0.2, -0.15) is 0 Å². The van der Waals surface area contributed by atoms with E-state index in [1.54, 1.807) is 11.8 Å². The first kappa shape index (κ1) is 11.4. The second kappa shape index (κ2) is 5.32. The standard InChI is InChI=1S/C11H12N2OS2/c14-10-6-13(11(15)12-10)8-16-7-9-4-2-1-3-5-9/h1-5H,6-8H2,(H,12,14,15). The van der Waals surface area contributed by atoms with Gasteiger partial charge in [0.05, 0.1) is 5.88 Å². The Balaban J connectivity index is 1.76. The van der Waals surface area contributed by atoms with E-state index >= 15 is 0 Å². The zero-order valence-electron chi connectivity index (χ0n) is 8.68. The molecule has 1 N–H and O–H groups in total. The van der Waals surface area contributed by atoms with Gasteiger partial charge in [-0.05, 0) is 17.8 Å². The summed E-state index contributed by atoms with van der Waals surface area (Å²) in [5, 5.41) is 3.17. The summed E-state index contributed by atoms with van der Waals surface area (Å²) in [6, 6.07) is 10.3. The van der Waals surface area contributed by atoms with Crippen LogP contribution >= 0.6 is 24.0 Å². The smallest absolute Gasteiger partial charge is 0.245 e. The number of nitrogens with one attached hydrogen (secondary N) is 1. The summed E-state index contributed by atoms with van der Waals surface area (Å²) in [5.41, 5.74) is 1.29. The number of hydrogen-bond donors (Lipinski definition) is 1. The van der Waals surface area contributed by atoms with Gasteiger partial charge in [0, 0.05) is 5.75 Å². The van der Waals surface area contributed by atoms with Gasteiger partial charge in [-0.3, -0.25) is 4.79 Å². The largest absolute Gasteiger partial charge is 0.330 e. The van der Waals surface area contributed by atoms with Crippen molar-refractivity contribution in [2.24, 2.45) is 0 Å². The molecule has 3 nitrogen and oxygen atoms in total. The molecule has 1 amide bonds. The molecule has 16 heavy (non-hydrogen) atoms. The third kappa shape index (κ3) is 2.96. The van der Waals surface area contributed by atoms with Crippen LogP contribution in [0.4, 0.5) is 0 Å². The van der Waals surface area contributed by atoms with Crippen molar-refractivity contribution in [3.8, 4) is 0 Å². The van der Waals surface area contributed by atoms with Crippen molar-refractivity contribution < 1.29 is 4.79 Å². The highest BCUT2D eigenvalue weighted by Crippen LogP contribution is 2.14. The second-order valence-corrected chi connectivity index (χ2v) is 4.86. The van der Waals surface area contributed by atoms with Crippen LogP contribution in [0, 0.1) is 0 Å². The Morgan fingerprint density at radius 2 is 2.12 bits per heavy atom. The summed E-state index contributed by atoms with van der Waals surface area (Å²) in [6.45, 7) is 0.390. The van der Waals surface area contributed by atoms with Gasteiger partial charge >= 0.3 is 0 Å². The molecule has 5 heteroatoms. The minimum atomic E-state index is -0.00897. The molecule has 1 fully saturated rings. The Labute approximate surface area is 104 Å². The van der Waals surface area contributed by atoms with Gasteiger partial charge in [0.2, 0.25) is 5.91 Å². The molecule has 1 aliphatic rings. The van der Waals surface area contributed by atoms with Crippen molar-refractivity contribution in [3.63, 3.8) is 0 Å². The average Bonchev–Trinajstić information content (AvgIpc) is 2.59. The highest BCUT2D eigenvalue weighted by molar-refractivity contribution is 7.98. The zero-order valence-corrected chi connectivity index (χ0v) is 10.3. The van der Waals surface area contributed by atoms with Gasteiger partial charge in [0.25, 0.3) is 0 Å². The highest BCUT2D eigenvalue weighted by atomic mass is 32.2. The molecular formula is C11H12N2OS2. The number of carbonyl (C=O) groups excluding carboxylic acids is 1. The SMILES string of the molecule is O=C1CN(CSCc2ccccc2)C(=S)N1. The van der Waals surface area contributed by atoms with Crippen molar-refractivity contribution in [2.75, 3.05) is 12.4 Å². The van der Waals surface area contributed by atoms with Gasteiger partial charge in [-0.1, -0.05) is 30.3 Å². The number of carbonyl (C=O) groups is 1. The fraction of sp³-hybridized carbons (Fsp3) is 0.273. The molecule has 0 aromatic heterocycles. The van der Waals surface area contributed by atoms with Crippen LogP contribution < -0.4 is 5.32 Å². The molecule has 0 spiro atoms. The molecule has 1 aromatic rings. The second-order valence-electron chi connectivity index (χ2n) is 3.51. The van der Waals surface area contributed by atoms with Crippen LogP contribution in [0.3, 0.4) is 0 Å². The molecule has 0 unspecified atom stereocenters. The summed E-state index contributed by atoms with van der Waals surface area (Å²) in [6.07, 6.45) is 0. The lowest BCUT2D eigenvalue weighted by Crippen LogP contribution is -2.27. The van der Waals surface area contributed by atoms with Gasteiger partial charge < -0.3 is 10.2 Å². The molecule has 0 atom stereocenters. The maximum atomic E-state index is 11.0. The normalized spacial score (nSPS) is 15.4.